The van der Waals surface area contributed by atoms with E-state index in [1.165, 1.54) is 37.6 Å². The van der Waals surface area contributed by atoms with Crippen molar-refractivity contribution in [2.75, 3.05) is 46.9 Å². The second kappa shape index (κ2) is 20.0. The van der Waals surface area contributed by atoms with Crippen LogP contribution in [0.5, 0.6) is 17.2 Å². The Balaban J connectivity index is 1.32. The van der Waals surface area contributed by atoms with Crippen LogP contribution < -0.4 is 19.3 Å². The Labute approximate surface area is 333 Å². The number of esters is 1. The van der Waals surface area contributed by atoms with Crippen molar-refractivity contribution in [2.24, 2.45) is 11.8 Å². The highest BCUT2D eigenvalue weighted by atomic mass is 32.2. The molecule has 7 atom stereocenters. The smallest absolute Gasteiger partial charge is 0.417 e. The monoisotopic (exact) mass is 834 g/mol. The molecule has 0 radical (unpaired) electrons. The fourth-order valence-corrected chi connectivity index (χ4v) is 9.46. The van der Waals surface area contributed by atoms with E-state index in [-0.39, 0.29) is 54.3 Å². The number of nitrogens with one attached hydrogen (secondary N) is 1. The third-order valence-corrected chi connectivity index (χ3v) is 12.7. The van der Waals surface area contributed by atoms with Crippen molar-refractivity contribution in [2.45, 2.75) is 69.2 Å². The highest BCUT2D eigenvalue weighted by Gasteiger charge is 2.44. The number of carbonyl (C=O) groups excluding carboxylic acids is 2. The van der Waals surface area contributed by atoms with Crippen LogP contribution in [0.2, 0.25) is 0 Å². The van der Waals surface area contributed by atoms with Crippen LogP contribution in [-0.4, -0.2) is 107 Å². The maximum absolute atomic E-state index is 13.9. The zero-order valence-corrected chi connectivity index (χ0v) is 34.3. The summed E-state index contributed by atoms with van der Waals surface area (Å²) >= 11 is 0. The van der Waals surface area contributed by atoms with Crippen LogP contribution in [0.25, 0.3) is 0 Å². The average Bonchev–Trinajstić information content (AvgIpc) is 3.82. The Hall–Kier alpha value is -4.22. The van der Waals surface area contributed by atoms with Crippen molar-refractivity contribution < 1.29 is 65.1 Å². The van der Waals surface area contributed by atoms with Crippen LogP contribution in [0, 0.1) is 11.8 Å². The number of fused-ring (bicyclic) bond motifs is 1. The first-order valence-electron chi connectivity index (χ1n) is 18.5. The van der Waals surface area contributed by atoms with Gasteiger partial charge in [-0.05, 0) is 79.8 Å². The van der Waals surface area contributed by atoms with Crippen molar-refractivity contribution in [3.63, 3.8) is 0 Å². The molecule has 1 unspecified atom stereocenters. The Morgan fingerprint density at radius 2 is 1.61 bits per heavy atom. The summed E-state index contributed by atoms with van der Waals surface area (Å²) in [7, 11) is -5.49. The average molecular weight is 835 g/mol. The van der Waals surface area contributed by atoms with Gasteiger partial charge in [-0.15, -0.1) is 0 Å². The van der Waals surface area contributed by atoms with E-state index in [9.17, 15) is 27.7 Å². The van der Waals surface area contributed by atoms with Gasteiger partial charge in [0.15, 0.2) is 12.4 Å². The largest absolute Gasteiger partial charge is 0.497 e. The molecule has 2 aliphatic heterocycles. The quantitative estimate of drug-likeness (QED) is 0.114. The highest BCUT2D eigenvalue weighted by Crippen LogP contribution is 2.49. The van der Waals surface area contributed by atoms with Gasteiger partial charge >= 0.3 is 19.7 Å². The highest BCUT2D eigenvalue weighted by molar-refractivity contribution is 7.89. The number of nitrogens with zero attached hydrogens (tertiary/aromatic N) is 1. The van der Waals surface area contributed by atoms with E-state index >= 15 is 0 Å². The number of ether oxygens (including phenoxy) is 6. The summed E-state index contributed by atoms with van der Waals surface area (Å²) in [6, 6.07) is 19.8. The zero-order valence-electron chi connectivity index (χ0n) is 32.6. The Morgan fingerprint density at radius 1 is 0.930 bits per heavy atom. The van der Waals surface area contributed by atoms with Gasteiger partial charge < -0.3 is 43.4 Å². The number of sulfonamides is 1. The van der Waals surface area contributed by atoms with Crippen molar-refractivity contribution in [1.82, 2.24) is 9.62 Å². The molecular formula is C39H51N2O14PS. The molecule has 0 bridgehead atoms. The second-order valence-corrected chi connectivity index (χ2v) is 17.9. The maximum atomic E-state index is 13.9. The van der Waals surface area contributed by atoms with Crippen LogP contribution in [0.1, 0.15) is 32.8 Å². The van der Waals surface area contributed by atoms with Gasteiger partial charge in [0, 0.05) is 13.1 Å². The van der Waals surface area contributed by atoms with Crippen LogP contribution in [0.15, 0.2) is 83.8 Å². The number of amides is 1. The molecule has 18 heteroatoms. The standard InChI is InChI=1S/C39H51N2O14PS/c1-26(2)22-41(57(46,47)32-17-15-29(48-4)16-18-32)23-35(42)34(40-39(44)53-36-24-51-38-33(36)19-20-50-38)21-28-11-13-30(14-12-28)52-25-56(45,54-27(3)37(43)49-5)55-31-9-7-6-8-10-31/h6-18,26-27,33-36,38,42H,19-25H2,1-5H3,(H,40,44)/t27-,33-,34-,35+,36-,38+,56?/m0/s1. The molecule has 57 heavy (non-hydrogen) atoms. The fraction of sp³-hybridized carbons (Fsp3) is 0.487. The van der Waals surface area contributed by atoms with Gasteiger partial charge in [0.2, 0.25) is 16.4 Å². The van der Waals surface area contributed by atoms with Crippen molar-refractivity contribution >= 4 is 29.7 Å². The molecule has 312 valence electrons. The van der Waals surface area contributed by atoms with Gasteiger partial charge in [-0.25, -0.2) is 22.6 Å². The Morgan fingerprint density at radius 3 is 2.26 bits per heavy atom. The zero-order chi connectivity index (χ0) is 41.2. The molecular weight excluding hydrogens is 783 g/mol. The van der Waals surface area contributed by atoms with Gasteiger partial charge in [-0.3, -0.25) is 4.52 Å². The van der Waals surface area contributed by atoms with Crippen LogP contribution in [0.4, 0.5) is 4.79 Å². The normalized spacial score (nSPS) is 20.5. The summed E-state index contributed by atoms with van der Waals surface area (Å²) in [5.41, 5.74) is 0.632. The number of aliphatic hydroxyl groups excluding tert-OH is 1. The van der Waals surface area contributed by atoms with Crippen LogP contribution in [-0.2, 0) is 49.3 Å². The van der Waals surface area contributed by atoms with Gasteiger partial charge in [-0.2, -0.15) is 4.31 Å². The lowest BCUT2D eigenvalue weighted by molar-refractivity contribution is -0.148. The molecule has 3 aromatic rings. The van der Waals surface area contributed by atoms with E-state index in [4.69, 9.17) is 37.5 Å². The van der Waals surface area contributed by atoms with E-state index < -0.39 is 66.7 Å². The summed E-state index contributed by atoms with van der Waals surface area (Å²) < 4.78 is 86.6. The lowest BCUT2D eigenvalue weighted by Gasteiger charge is -2.31. The summed E-state index contributed by atoms with van der Waals surface area (Å²) in [5, 5.41) is 14.5. The van der Waals surface area contributed by atoms with Gasteiger partial charge in [0.25, 0.3) is 0 Å². The first kappa shape index (κ1) is 43.9. The number of aliphatic hydroxyl groups is 1. The molecule has 16 nitrogen and oxygen atoms in total. The second-order valence-electron chi connectivity index (χ2n) is 14.1. The number of benzene rings is 3. The maximum Gasteiger partial charge on any atom is 0.417 e. The van der Waals surface area contributed by atoms with E-state index in [1.54, 1.807) is 66.7 Å². The molecule has 2 heterocycles. The summed E-state index contributed by atoms with van der Waals surface area (Å²) in [5.74, 6) is 0.0453. The van der Waals surface area contributed by atoms with Gasteiger partial charge in [0.1, 0.15) is 23.4 Å². The summed E-state index contributed by atoms with van der Waals surface area (Å²) in [4.78, 5) is 25.4. The Bertz CT molecular complexity index is 1920. The number of hydrogen-bond acceptors (Lipinski definition) is 14. The third-order valence-electron chi connectivity index (χ3n) is 9.28. The summed E-state index contributed by atoms with van der Waals surface area (Å²) in [6.07, 6.45) is -4.23. The number of rotatable bonds is 20. The molecule has 0 aliphatic carbocycles. The molecule has 2 aliphatic rings. The molecule has 5 rings (SSSR count). The lowest BCUT2D eigenvalue weighted by Crippen LogP contribution is -2.51. The van der Waals surface area contributed by atoms with Crippen molar-refractivity contribution in [1.29, 1.82) is 0 Å². The molecule has 0 spiro atoms. The SMILES string of the molecule is COC(=O)[C@H](C)OP(=O)(COc1ccc(C[C@H](NC(=O)O[C@H]2CO[C@H]3OCC[C@H]32)[C@H](O)CN(CC(C)C)S(=O)(=O)c2ccc(OC)cc2)cc1)Oc1ccccc1. The van der Waals surface area contributed by atoms with E-state index in [0.29, 0.717) is 24.3 Å². The number of methoxy groups -OCH3 is 2. The number of hydrogen-bond donors (Lipinski definition) is 2. The van der Waals surface area contributed by atoms with E-state index in [1.807, 2.05) is 13.8 Å². The Kier molecular flexibility index (Phi) is 15.4. The first-order valence-corrected chi connectivity index (χ1v) is 21.7. The third kappa shape index (κ3) is 12.1. The lowest BCUT2D eigenvalue weighted by atomic mass is 10.0. The van der Waals surface area contributed by atoms with Crippen molar-refractivity contribution in [3.05, 3.63) is 84.4 Å². The number of alkyl carbamates (subject to hydrolysis) is 1. The minimum Gasteiger partial charge on any atom is -0.497 e. The number of para-hydroxylation sites is 1. The van der Waals surface area contributed by atoms with Gasteiger partial charge in [0.05, 0.1) is 50.4 Å². The minimum absolute atomic E-state index is 0.0223. The van der Waals surface area contributed by atoms with E-state index in [2.05, 4.69) is 5.32 Å². The fourth-order valence-electron chi connectivity index (χ4n) is 6.36. The predicted octanol–water partition coefficient (Wildman–Crippen LogP) is 4.99. The minimum atomic E-state index is -4.08. The molecule has 1 amide bonds. The predicted molar refractivity (Wildman–Crippen MR) is 206 cm³/mol. The molecule has 2 N–H and O–H groups in total. The van der Waals surface area contributed by atoms with Crippen LogP contribution in [0.3, 0.4) is 0 Å². The van der Waals surface area contributed by atoms with Crippen molar-refractivity contribution in [3.8, 4) is 17.2 Å². The van der Waals surface area contributed by atoms with Gasteiger partial charge in [-0.1, -0.05) is 44.2 Å². The summed E-state index contributed by atoms with van der Waals surface area (Å²) in [6.45, 7) is 5.51. The molecule has 0 aromatic heterocycles. The van der Waals surface area contributed by atoms with Crippen LogP contribution >= 0.6 is 7.60 Å². The molecule has 3 aromatic carbocycles. The number of carbonyl (C=O) groups is 2. The van der Waals surface area contributed by atoms with E-state index in [0.717, 1.165) is 0 Å². The molecule has 2 fully saturated rings. The first-order chi connectivity index (χ1) is 27.2. The molecule has 2 saturated heterocycles. The topological polar surface area (TPSA) is 195 Å². The molecule has 0 saturated carbocycles.